The van der Waals surface area contributed by atoms with Crippen molar-refractivity contribution >= 4 is 22.4 Å². The number of benzene rings is 3. The first-order valence-electron chi connectivity index (χ1n) is 9.52. The van der Waals surface area contributed by atoms with Crippen molar-refractivity contribution in [2.24, 2.45) is 0 Å². The monoisotopic (exact) mass is 434 g/mol. The van der Waals surface area contributed by atoms with Crippen molar-refractivity contribution in [1.82, 2.24) is 0 Å². The van der Waals surface area contributed by atoms with E-state index in [9.17, 15) is 22.0 Å². The average Bonchev–Trinajstić information content (AvgIpc) is 2.77. The van der Waals surface area contributed by atoms with Crippen molar-refractivity contribution in [3.05, 3.63) is 83.2 Å². The molecule has 0 unspecified atom stereocenters. The summed E-state index contributed by atoms with van der Waals surface area (Å²) in [7, 11) is 0. The third-order valence-electron chi connectivity index (χ3n) is 4.51. The summed E-state index contributed by atoms with van der Waals surface area (Å²) in [6, 6.07) is 8.67. The number of hydrogen-bond acceptors (Lipinski definition) is 2. The molecule has 0 amide bonds. The van der Waals surface area contributed by atoms with E-state index in [1.165, 1.54) is 36.4 Å². The SMILES string of the molecule is CC=CCOc1ccc(C(F)=C(F)c2cc3ccc(OCC)c(F)c3c(F)c2F)cc1. The Hall–Kier alpha value is -3.35. The van der Waals surface area contributed by atoms with E-state index < -0.39 is 40.1 Å². The molecule has 7 heteroatoms. The second kappa shape index (κ2) is 9.64. The van der Waals surface area contributed by atoms with Gasteiger partial charge in [0.2, 0.25) is 0 Å². The third kappa shape index (κ3) is 4.55. The molecule has 0 saturated heterocycles. The highest BCUT2D eigenvalue weighted by molar-refractivity contribution is 5.91. The lowest BCUT2D eigenvalue weighted by atomic mass is 10.0. The smallest absolute Gasteiger partial charge is 0.175 e. The summed E-state index contributed by atoms with van der Waals surface area (Å²) < 4.78 is 83.4. The number of halogens is 5. The van der Waals surface area contributed by atoms with Crippen LogP contribution in [-0.4, -0.2) is 13.2 Å². The Morgan fingerprint density at radius 3 is 2.23 bits per heavy atom. The standard InChI is InChI=1S/C24H19F5O2/c1-3-5-12-31-16-9-6-14(7-10-16)20(25)21(26)17-13-15-8-11-18(30-4-2)23(28)19(15)24(29)22(17)27/h3,5-11,13H,4,12H2,1-2H3. The van der Waals surface area contributed by atoms with Gasteiger partial charge in [0.25, 0.3) is 0 Å². The van der Waals surface area contributed by atoms with E-state index in [1.54, 1.807) is 19.1 Å². The highest BCUT2D eigenvalue weighted by atomic mass is 19.2. The Balaban J connectivity index is 2.02. The molecule has 0 fully saturated rings. The zero-order valence-electron chi connectivity index (χ0n) is 16.8. The number of hydrogen-bond donors (Lipinski definition) is 0. The van der Waals surface area contributed by atoms with Crippen molar-refractivity contribution in [2.45, 2.75) is 13.8 Å². The maximum absolute atomic E-state index is 14.8. The predicted octanol–water partition coefficient (Wildman–Crippen LogP) is 7.38. The van der Waals surface area contributed by atoms with Gasteiger partial charge in [-0.05, 0) is 55.6 Å². The minimum Gasteiger partial charge on any atom is -0.491 e. The fourth-order valence-corrected chi connectivity index (χ4v) is 2.97. The summed E-state index contributed by atoms with van der Waals surface area (Å²) >= 11 is 0. The van der Waals surface area contributed by atoms with Gasteiger partial charge in [-0.2, -0.15) is 0 Å². The molecule has 0 saturated carbocycles. The van der Waals surface area contributed by atoms with Crippen LogP contribution in [-0.2, 0) is 0 Å². The summed E-state index contributed by atoms with van der Waals surface area (Å²) in [5.74, 6) is -7.25. The molecular weight excluding hydrogens is 415 g/mol. The molecule has 3 rings (SSSR count). The molecule has 0 spiro atoms. The van der Waals surface area contributed by atoms with Crippen LogP contribution in [0.5, 0.6) is 11.5 Å². The van der Waals surface area contributed by atoms with Crippen LogP contribution in [0.2, 0.25) is 0 Å². The van der Waals surface area contributed by atoms with Crippen molar-refractivity contribution < 1.29 is 31.4 Å². The molecule has 0 aliphatic rings. The molecule has 31 heavy (non-hydrogen) atoms. The fourth-order valence-electron chi connectivity index (χ4n) is 2.97. The maximum Gasteiger partial charge on any atom is 0.175 e. The van der Waals surface area contributed by atoms with Crippen LogP contribution in [0.15, 0.2) is 54.6 Å². The lowest BCUT2D eigenvalue weighted by Crippen LogP contribution is -2.00. The molecule has 0 aromatic heterocycles. The van der Waals surface area contributed by atoms with Crippen molar-refractivity contribution in [3.8, 4) is 11.5 Å². The Bertz CT molecular complexity index is 1150. The zero-order valence-corrected chi connectivity index (χ0v) is 16.8. The lowest BCUT2D eigenvalue weighted by Gasteiger charge is -2.11. The van der Waals surface area contributed by atoms with E-state index in [4.69, 9.17) is 9.47 Å². The topological polar surface area (TPSA) is 18.5 Å². The second-order valence-corrected chi connectivity index (χ2v) is 6.49. The fraction of sp³-hybridized carbons (Fsp3) is 0.167. The summed E-state index contributed by atoms with van der Waals surface area (Å²) in [5, 5.41) is -0.825. The van der Waals surface area contributed by atoms with Gasteiger partial charge in [-0.15, -0.1) is 0 Å². The normalized spacial score (nSPS) is 12.4. The molecule has 3 aromatic rings. The number of ether oxygens (including phenoxy) is 2. The van der Waals surface area contributed by atoms with E-state index >= 15 is 0 Å². The summed E-state index contributed by atoms with van der Waals surface area (Å²) in [6.45, 7) is 3.86. The van der Waals surface area contributed by atoms with E-state index in [-0.39, 0.29) is 23.3 Å². The number of rotatable bonds is 7. The minimum absolute atomic E-state index is 0.117. The van der Waals surface area contributed by atoms with E-state index in [0.717, 1.165) is 6.07 Å². The molecule has 0 aliphatic carbocycles. The molecule has 162 valence electrons. The first-order valence-corrected chi connectivity index (χ1v) is 9.52. The number of fused-ring (bicyclic) bond motifs is 1. The van der Waals surface area contributed by atoms with Crippen molar-refractivity contribution in [1.29, 1.82) is 0 Å². The second-order valence-electron chi connectivity index (χ2n) is 6.49. The van der Waals surface area contributed by atoms with Crippen molar-refractivity contribution in [2.75, 3.05) is 13.2 Å². The quantitative estimate of drug-likeness (QED) is 0.220. The van der Waals surface area contributed by atoms with E-state index in [1.807, 2.05) is 6.92 Å². The molecule has 0 N–H and O–H groups in total. The first-order chi connectivity index (χ1) is 14.9. The Morgan fingerprint density at radius 2 is 1.58 bits per heavy atom. The Labute approximate surface area is 176 Å². The van der Waals surface area contributed by atoms with Crippen LogP contribution >= 0.6 is 0 Å². The van der Waals surface area contributed by atoms with Crippen LogP contribution in [0.25, 0.3) is 22.4 Å². The van der Waals surface area contributed by atoms with Crippen LogP contribution in [0, 0.1) is 17.5 Å². The van der Waals surface area contributed by atoms with Crippen LogP contribution in [0.4, 0.5) is 22.0 Å². The van der Waals surface area contributed by atoms with Gasteiger partial charge in [-0.3, -0.25) is 0 Å². The summed E-state index contributed by atoms with van der Waals surface area (Å²) in [6.07, 6.45) is 3.57. The van der Waals surface area contributed by atoms with Gasteiger partial charge in [0.1, 0.15) is 12.4 Å². The maximum atomic E-state index is 14.8. The van der Waals surface area contributed by atoms with E-state index in [2.05, 4.69) is 0 Å². The highest BCUT2D eigenvalue weighted by Gasteiger charge is 2.23. The molecule has 0 radical (unpaired) electrons. The number of allylic oxidation sites excluding steroid dienone is 1. The lowest BCUT2D eigenvalue weighted by molar-refractivity contribution is 0.322. The molecule has 0 aliphatic heterocycles. The molecule has 3 aromatic carbocycles. The molecule has 0 bridgehead atoms. The van der Waals surface area contributed by atoms with Gasteiger partial charge in [0.05, 0.1) is 17.6 Å². The van der Waals surface area contributed by atoms with Gasteiger partial charge in [-0.25, -0.2) is 22.0 Å². The van der Waals surface area contributed by atoms with Crippen LogP contribution in [0.1, 0.15) is 25.0 Å². The van der Waals surface area contributed by atoms with Gasteiger partial charge >= 0.3 is 0 Å². The first kappa shape index (κ1) is 22.3. The van der Waals surface area contributed by atoms with Crippen LogP contribution in [0.3, 0.4) is 0 Å². The average molecular weight is 434 g/mol. The molecular formula is C24H19F5O2. The molecule has 0 atom stereocenters. The van der Waals surface area contributed by atoms with E-state index in [0.29, 0.717) is 12.4 Å². The highest BCUT2D eigenvalue weighted by Crippen LogP contribution is 2.37. The zero-order chi connectivity index (χ0) is 22.5. The van der Waals surface area contributed by atoms with Crippen molar-refractivity contribution in [3.63, 3.8) is 0 Å². The Morgan fingerprint density at radius 1 is 0.871 bits per heavy atom. The van der Waals surface area contributed by atoms with Gasteiger partial charge in [0, 0.05) is 5.56 Å². The minimum atomic E-state index is -1.70. The third-order valence-corrected chi connectivity index (χ3v) is 4.51. The van der Waals surface area contributed by atoms with Gasteiger partial charge in [-0.1, -0.05) is 18.2 Å². The van der Waals surface area contributed by atoms with Gasteiger partial charge < -0.3 is 9.47 Å². The van der Waals surface area contributed by atoms with Crippen LogP contribution < -0.4 is 9.47 Å². The predicted molar refractivity (Wildman–Crippen MR) is 111 cm³/mol. The molecule has 0 heterocycles. The van der Waals surface area contributed by atoms with Gasteiger partial charge in [0.15, 0.2) is 34.9 Å². The summed E-state index contributed by atoms with van der Waals surface area (Å²) in [5.41, 5.74) is -1.13. The summed E-state index contributed by atoms with van der Waals surface area (Å²) in [4.78, 5) is 0. The molecule has 2 nitrogen and oxygen atoms in total. The Kier molecular flexibility index (Phi) is 6.95. The largest absolute Gasteiger partial charge is 0.491 e.